The zero-order valence-corrected chi connectivity index (χ0v) is 11.3. The number of carboxylic acids is 1. The highest BCUT2D eigenvalue weighted by Crippen LogP contribution is 2.55. The summed E-state index contributed by atoms with van der Waals surface area (Å²) in [6, 6.07) is 3.84. The molecule has 0 aromatic heterocycles. The van der Waals surface area contributed by atoms with Crippen molar-refractivity contribution in [3.05, 3.63) is 27.7 Å². The number of ether oxygens (including phenoxy) is 2. The first kappa shape index (κ1) is 12.0. The molecule has 0 unspecified atom stereocenters. The SMILES string of the molecule is O=C(O)CC1(c2c(Br)ccc3c2COCO3)CC1. The van der Waals surface area contributed by atoms with Crippen molar-refractivity contribution < 1.29 is 19.4 Å². The van der Waals surface area contributed by atoms with E-state index in [2.05, 4.69) is 15.9 Å². The van der Waals surface area contributed by atoms with E-state index < -0.39 is 5.97 Å². The standard InChI is InChI=1S/C13H13BrO4/c14-9-1-2-10-8(6-17-7-18-10)12(9)13(3-4-13)5-11(15)16/h1-2H,3-7H2,(H,15,16). The summed E-state index contributed by atoms with van der Waals surface area (Å²) in [4.78, 5) is 11.0. The molecule has 0 saturated heterocycles. The minimum atomic E-state index is -0.755. The Balaban J connectivity index is 2.08. The highest BCUT2D eigenvalue weighted by atomic mass is 79.9. The van der Waals surface area contributed by atoms with Crippen molar-refractivity contribution in [2.75, 3.05) is 6.79 Å². The fourth-order valence-electron chi connectivity index (χ4n) is 2.66. The lowest BCUT2D eigenvalue weighted by molar-refractivity contribution is -0.137. The van der Waals surface area contributed by atoms with Gasteiger partial charge in [0.2, 0.25) is 0 Å². The van der Waals surface area contributed by atoms with E-state index in [-0.39, 0.29) is 18.6 Å². The third-order valence-corrected chi connectivity index (χ3v) is 4.30. The largest absolute Gasteiger partial charge is 0.481 e. The van der Waals surface area contributed by atoms with E-state index in [0.717, 1.165) is 34.2 Å². The van der Waals surface area contributed by atoms with E-state index in [1.54, 1.807) is 0 Å². The zero-order chi connectivity index (χ0) is 12.8. The topological polar surface area (TPSA) is 55.8 Å². The fraction of sp³-hybridized carbons (Fsp3) is 0.462. The molecule has 1 aromatic rings. The van der Waals surface area contributed by atoms with E-state index in [4.69, 9.17) is 14.6 Å². The smallest absolute Gasteiger partial charge is 0.304 e. The van der Waals surface area contributed by atoms with Gasteiger partial charge in [0.15, 0.2) is 6.79 Å². The van der Waals surface area contributed by atoms with Crippen LogP contribution in [0.4, 0.5) is 0 Å². The monoisotopic (exact) mass is 312 g/mol. The van der Waals surface area contributed by atoms with Crippen LogP contribution < -0.4 is 4.74 Å². The predicted octanol–water partition coefficient (Wildman–Crippen LogP) is 2.82. The summed E-state index contributed by atoms with van der Waals surface area (Å²) >= 11 is 3.54. The third-order valence-electron chi connectivity index (χ3n) is 3.64. The van der Waals surface area contributed by atoms with Gasteiger partial charge in [-0.05, 0) is 30.5 Å². The van der Waals surface area contributed by atoms with Gasteiger partial charge in [-0.15, -0.1) is 0 Å². The number of benzene rings is 1. The van der Waals surface area contributed by atoms with Crippen LogP contribution in [0.1, 0.15) is 30.4 Å². The van der Waals surface area contributed by atoms with E-state index in [9.17, 15) is 4.79 Å². The lowest BCUT2D eigenvalue weighted by Gasteiger charge is -2.25. The van der Waals surface area contributed by atoms with Gasteiger partial charge in [-0.25, -0.2) is 0 Å². The molecular weight excluding hydrogens is 300 g/mol. The number of halogens is 1. The molecule has 1 aliphatic heterocycles. The third kappa shape index (κ3) is 1.91. The number of hydrogen-bond donors (Lipinski definition) is 1. The molecule has 96 valence electrons. The number of fused-ring (bicyclic) bond motifs is 1. The van der Waals surface area contributed by atoms with E-state index in [0.29, 0.717) is 6.61 Å². The van der Waals surface area contributed by atoms with Gasteiger partial charge < -0.3 is 14.6 Å². The average molecular weight is 313 g/mol. The summed E-state index contributed by atoms with van der Waals surface area (Å²) < 4.78 is 11.7. The van der Waals surface area contributed by atoms with Crippen LogP contribution in [0.3, 0.4) is 0 Å². The Bertz CT molecular complexity index is 508. The van der Waals surface area contributed by atoms with Crippen molar-refractivity contribution >= 4 is 21.9 Å². The molecule has 1 heterocycles. The van der Waals surface area contributed by atoms with Crippen LogP contribution in [0, 0.1) is 0 Å². The Morgan fingerprint density at radius 2 is 2.22 bits per heavy atom. The number of rotatable bonds is 3. The van der Waals surface area contributed by atoms with Gasteiger partial charge in [0, 0.05) is 15.5 Å². The van der Waals surface area contributed by atoms with Crippen LogP contribution in [-0.4, -0.2) is 17.9 Å². The summed E-state index contributed by atoms with van der Waals surface area (Å²) in [5.41, 5.74) is 1.82. The molecule has 0 atom stereocenters. The van der Waals surface area contributed by atoms with E-state index in [1.165, 1.54) is 0 Å². The second kappa shape index (κ2) is 4.24. The molecule has 0 radical (unpaired) electrons. The predicted molar refractivity (Wildman–Crippen MR) is 67.6 cm³/mol. The maximum absolute atomic E-state index is 11.0. The summed E-state index contributed by atoms with van der Waals surface area (Å²) in [6.45, 7) is 0.755. The number of hydrogen-bond acceptors (Lipinski definition) is 3. The van der Waals surface area contributed by atoms with Gasteiger partial charge in [-0.1, -0.05) is 15.9 Å². The Labute approximate surface area is 113 Å². The summed E-state index contributed by atoms with van der Waals surface area (Å²) in [7, 11) is 0. The first-order valence-corrected chi connectivity index (χ1v) is 6.66. The molecule has 1 fully saturated rings. The minimum absolute atomic E-state index is 0.169. The van der Waals surface area contributed by atoms with Crippen molar-refractivity contribution in [2.45, 2.75) is 31.3 Å². The Kier molecular flexibility index (Phi) is 2.83. The summed E-state index contributed by atoms with van der Waals surface area (Å²) in [5.74, 6) is 0.0609. The van der Waals surface area contributed by atoms with Gasteiger partial charge >= 0.3 is 5.97 Å². The molecule has 0 amide bonds. The molecule has 0 spiro atoms. The highest BCUT2D eigenvalue weighted by Gasteiger charge is 2.49. The van der Waals surface area contributed by atoms with Gasteiger partial charge in [0.05, 0.1) is 13.0 Å². The maximum Gasteiger partial charge on any atom is 0.304 e. The van der Waals surface area contributed by atoms with Gasteiger partial charge in [-0.2, -0.15) is 0 Å². The minimum Gasteiger partial charge on any atom is -0.481 e. The first-order chi connectivity index (χ1) is 8.62. The molecule has 1 aromatic carbocycles. The second-order valence-corrected chi connectivity index (χ2v) is 5.71. The summed E-state index contributed by atoms with van der Waals surface area (Å²) in [5, 5.41) is 9.07. The Hall–Kier alpha value is -1.07. The first-order valence-electron chi connectivity index (χ1n) is 5.87. The number of aliphatic carboxylic acids is 1. The molecule has 3 rings (SSSR count). The molecule has 0 bridgehead atoms. The number of carbonyl (C=O) groups is 1. The van der Waals surface area contributed by atoms with Crippen LogP contribution in [0.2, 0.25) is 0 Å². The van der Waals surface area contributed by atoms with Crippen molar-refractivity contribution in [2.24, 2.45) is 0 Å². The quantitative estimate of drug-likeness (QED) is 0.932. The van der Waals surface area contributed by atoms with Crippen molar-refractivity contribution in [1.29, 1.82) is 0 Å². The van der Waals surface area contributed by atoms with Gasteiger partial charge in [0.1, 0.15) is 5.75 Å². The fourth-order valence-corrected chi connectivity index (χ4v) is 3.45. The lowest BCUT2D eigenvalue weighted by atomic mass is 9.88. The average Bonchev–Trinajstić information content (AvgIpc) is 3.08. The normalized spacial score (nSPS) is 19.8. The van der Waals surface area contributed by atoms with E-state index in [1.807, 2.05) is 12.1 Å². The molecule has 1 saturated carbocycles. The molecule has 1 N–H and O–H groups in total. The van der Waals surface area contributed by atoms with Crippen molar-refractivity contribution in [1.82, 2.24) is 0 Å². The summed E-state index contributed by atoms with van der Waals surface area (Å²) in [6.07, 6.45) is 1.99. The van der Waals surface area contributed by atoms with Crippen LogP contribution in [-0.2, 0) is 21.6 Å². The maximum atomic E-state index is 11.0. The molecule has 18 heavy (non-hydrogen) atoms. The van der Waals surface area contributed by atoms with Crippen LogP contribution in [0.5, 0.6) is 5.75 Å². The molecule has 1 aliphatic carbocycles. The molecule has 2 aliphatic rings. The number of carboxylic acid groups (broad SMARTS) is 1. The molecule has 5 heteroatoms. The molecular formula is C13H13BrO4. The highest BCUT2D eigenvalue weighted by molar-refractivity contribution is 9.10. The van der Waals surface area contributed by atoms with Crippen molar-refractivity contribution in [3.8, 4) is 5.75 Å². The van der Waals surface area contributed by atoms with Crippen LogP contribution in [0.15, 0.2) is 16.6 Å². The van der Waals surface area contributed by atoms with Crippen molar-refractivity contribution in [3.63, 3.8) is 0 Å². The Morgan fingerprint density at radius 3 is 2.89 bits per heavy atom. The van der Waals surface area contributed by atoms with Crippen LogP contribution in [0.25, 0.3) is 0 Å². The van der Waals surface area contributed by atoms with Gasteiger partial charge in [-0.3, -0.25) is 4.79 Å². The Morgan fingerprint density at radius 1 is 1.44 bits per heavy atom. The second-order valence-electron chi connectivity index (χ2n) is 4.86. The van der Waals surface area contributed by atoms with Crippen LogP contribution >= 0.6 is 15.9 Å². The lowest BCUT2D eigenvalue weighted by Crippen LogP contribution is -2.20. The van der Waals surface area contributed by atoms with E-state index >= 15 is 0 Å². The zero-order valence-electron chi connectivity index (χ0n) is 9.74. The van der Waals surface area contributed by atoms with Gasteiger partial charge in [0.25, 0.3) is 0 Å². The molecule has 4 nitrogen and oxygen atoms in total.